The molecule has 1 heterocycles. The van der Waals surface area contributed by atoms with Crippen LogP contribution in [-0.2, 0) is 56.7 Å². The van der Waals surface area contributed by atoms with E-state index in [-0.39, 0.29) is 51.8 Å². The van der Waals surface area contributed by atoms with Gasteiger partial charge in [0.15, 0.2) is 6.10 Å². The van der Waals surface area contributed by atoms with Crippen LogP contribution in [0.2, 0.25) is 10.3 Å². The van der Waals surface area contributed by atoms with Crippen molar-refractivity contribution in [2.75, 3.05) is 79.9 Å². The van der Waals surface area contributed by atoms with Gasteiger partial charge in [0.05, 0.1) is 72.1 Å². The summed E-state index contributed by atoms with van der Waals surface area (Å²) in [5.74, 6) is -2.67. The van der Waals surface area contributed by atoms with Crippen LogP contribution in [0.5, 0.6) is 11.5 Å². The van der Waals surface area contributed by atoms with E-state index in [1.165, 1.54) is 6.92 Å². The second-order valence-corrected chi connectivity index (χ2v) is 22.7. The number of carboxylic acids is 1. The predicted molar refractivity (Wildman–Crippen MR) is 299 cm³/mol. The third-order valence-corrected chi connectivity index (χ3v) is 10.3. The standard InChI is InChI=1S/C19H15ClF3NO7.C15H22ClNO2.C9H16ClN5.C3H8NO5P.C3H9S/c1-3-29-17(25)10(2)30-18(26)13-9-12(5-6-15(13)24(27)28)31-16-7-4-11(8-14(16)20)19(21,22)23;1-5-13-8-6-7-11(2)15(13)17(14(18)9-16)12(3)10-19-4;1-5-11-7-12-6(10)13-8(14-7)15-9(2,3)4;5-3(6)1-4-2-10(7,8)9;1-4(2)3/h4-10H,3H2,1-2H3;6-8,12H,5,9-10H2,1-4H3;5H2,1-4H3,(H2,11,12,13,14,15);4H,1-2H2,(H,5,6)(H2,7,8,9);1-3H3/q;;;;+1/p-1. The van der Waals surface area contributed by atoms with Crippen molar-refractivity contribution in [2.24, 2.45) is 0 Å². The van der Waals surface area contributed by atoms with E-state index < -0.39 is 72.4 Å². The molecule has 0 aliphatic carbocycles. The molecule has 4 aromatic rings. The zero-order valence-electron chi connectivity index (χ0n) is 46.0. The zero-order valence-corrected chi connectivity index (χ0v) is 49.9. The summed E-state index contributed by atoms with van der Waals surface area (Å²) in [7, 11) is -2.07. The molecule has 0 aliphatic rings. The van der Waals surface area contributed by atoms with Gasteiger partial charge in [0.2, 0.25) is 23.1 Å². The summed E-state index contributed by atoms with van der Waals surface area (Å²) in [6, 6.07) is 11.4. The molecule has 3 atom stereocenters. The number of hydrogen-bond donors (Lipinski definition) is 5. The number of aliphatic carboxylic acids is 1. The van der Waals surface area contributed by atoms with E-state index in [2.05, 4.69) is 57.3 Å². The summed E-state index contributed by atoms with van der Waals surface area (Å²) in [6.45, 7) is 17.7. The van der Waals surface area contributed by atoms with Crippen LogP contribution in [0.4, 0.5) is 36.4 Å². The normalized spacial score (nSPS) is 12.3. The lowest BCUT2D eigenvalue weighted by Gasteiger charge is -2.31. The number of para-hydroxylation sites is 1. The van der Waals surface area contributed by atoms with Crippen LogP contribution < -0.4 is 30.5 Å². The fraction of sp³-hybridized carbons (Fsp3) is 0.490. The molecule has 0 aliphatic heterocycles. The summed E-state index contributed by atoms with van der Waals surface area (Å²) in [6.07, 6.45) is 0.811. The summed E-state index contributed by atoms with van der Waals surface area (Å²) in [4.78, 5) is 88.2. The third kappa shape index (κ3) is 30.0. The molecule has 0 bridgehead atoms. The Hall–Kier alpha value is -5.57. The second kappa shape index (κ2) is 35.9. The number of carbonyl (C=O) groups excluding carboxylic acids is 3. The third-order valence-electron chi connectivity index (χ3n) is 8.97. The van der Waals surface area contributed by atoms with Gasteiger partial charge in [-0.1, -0.05) is 36.7 Å². The lowest BCUT2D eigenvalue weighted by atomic mass is 10.0. The van der Waals surface area contributed by atoms with Crippen LogP contribution in [0.15, 0.2) is 54.6 Å². The number of alkyl halides is 4. The van der Waals surface area contributed by atoms with Gasteiger partial charge in [0, 0.05) is 31.3 Å². The van der Waals surface area contributed by atoms with Crippen molar-refractivity contribution in [1.29, 1.82) is 0 Å². The predicted octanol–water partition coefficient (Wildman–Crippen LogP) is 9.16. The lowest BCUT2D eigenvalue weighted by molar-refractivity contribution is -0.385. The van der Waals surface area contributed by atoms with E-state index in [0.29, 0.717) is 35.5 Å². The quantitative estimate of drug-likeness (QED) is 0.0137. The van der Waals surface area contributed by atoms with Crippen LogP contribution in [0, 0.1) is 17.0 Å². The van der Waals surface area contributed by atoms with Crippen molar-refractivity contribution in [3.05, 3.63) is 97.3 Å². The molecule has 1 aromatic heterocycles. The molecule has 22 nitrogen and oxygen atoms in total. The fourth-order valence-electron chi connectivity index (χ4n) is 5.92. The first kappa shape index (κ1) is 73.4. The van der Waals surface area contributed by atoms with E-state index in [4.69, 9.17) is 63.8 Å². The minimum atomic E-state index is -4.61. The second-order valence-electron chi connectivity index (χ2n) is 17.6. The molecule has 0 spiro atoms. The van der Waals surface area contributed by atoms with Crippen molar-refractivity contribution < 1.29 is 75.7 Å². The maximum atomic E-state index is 12.8. The highest BCUT2D eigenvalue weighted by Crippen LogP contribution is 2.37. The lowest BCUT2D eigenvalue weighted by Crippen LogP contribution is -2.43. The van der Waals surface area contributed by atoms with Crippen molar-refractivity contribution in [2.45, 2.75) is 92.6 Å². The molecule has 30 heteroatoms. The van der Waals surface area contributed by atoms with E-state index in [1.807, 2.05) is 59.0 Å². The Morgan fingerprint density at radius 3 is 2.05 bits per heavy atom. The highest BCUT2D eigenvalue weighted by atomic mass is 35.5. The molecule has 79 heavy (non-hydrogen) atoms. The molecule has 5 N–H and O–H groups in total. The topological polar surface area (TPSA) is 307 Å². The number of nitro groups is 1. The van der Waals surface area contributed by atoms with E-state index in [9.17, 15) is 51.9 Å². The number of amides is 1. The first-order chi connectivity index (χ1) is 36.5. The van der Waals surface area contributed by atoms with Crippen LogP contribution in [0.25, 0.3) is 0 Å². The van der Waals surface area contributed by atoms with Crippen LogP contribution in [-0.4, -0.2) is 136 Å². The van der Waals surface area contributed by atoms with Gasteiger partial charge in [-0.15, -0.1) is 11.6 Å². The average molecular weight is 1220 g/mol. The Morgan fingerprint density at radius 1 is 0.962 bits per heavy atom. The number of halogens is 6. The van der Waals surface area contributed by atoms with E-state index in [0.717, 1.165) is 60.1 Å². The van der Waals surface area contributed by atoms with Crippen molar-refractivity contribution >= 4 is 100 Å². The number of nitrogens with zero attached hydrogens (tertiary/aromatic N) is 5. The number of carboxylic acid groups (broad SMARTS) is 1. The number of ether oxygens (including phenoxy) is 4. The molecule has 0 fully saturated rings. The van der Waals surface area contributed by atoms with Gasteiger partial charge in [-0.2, -0.15) is 28.1 Å². The molecule has 3 aromatic carbocycles. The number of methoxy groups -OCH3 is 1. The summed E-state index contributed by atoms with van der Waals surface area (Å²) in [5, 5.41) is 27.2. The summed E-state index contributed by atoms with van der Waals surface area (Å²) in [5.41, 5.74) is 0.940. The van der Waals surface area contributed by atoms with Gasteiger partial charge < -0.3 is 53.9 Å². The van der Waals surface area contributed by atoms with Gasteiger partial charge in [-0.3, -0.25) is 25.0 Å². The number of rotatable bonds is 20. The van der Waals surface area contributed by atoms with E-state index in [1.54, 1.807) is 18.9 Å². The van der Waals surface area contributed by atoms with Crippen molar-refractivity contribution in [3.63, 3.8) is 0 Å². The minimum Gasteiger partial charge on any atom is -0.778 e. The molecular weight excluding hydrogens is 1150 g/mol. The largest absolute Gasteiger partial charge is 0.778 e. The monoisotopic (exact) mass is 1220 g/mol. The molecule has 1 amide bonds. The van der Waals surface area contributed by atoms with Crippen LogP contribution in [0.3, 0.4) is 0 Å². The summed E-state index contributed by atoms with van der Waals surface area (Å²) >= 11 is 17.4. The van der Waals surface area contributed by atoms with Crippen LogP contribution >= 0.6 is 42.4 Å². The van der Waals surface area contributed by atoms with Gasteiger partial charge in [0.25, 0.3) is 5.69 Å². The molecule has 0 saturated carbocycles. The molecule has 442 valence electrons. The average Bonchev–Trinajstić information content (AvgIpc) is 3.31. The number of nitrogens with one attached hydrogen (secondary N) is 3. The first-order valence-electron chi connectivity index (χ1n) is 23.6. The Labute approximate surface area is 475 Å². The Kier molecular flexibility index (Phi) is 33.4. The highest BCUT2D eigenvalue weighted by molar-refractivity contribution is 7.94. The number of anilines is 3. The molecule has 0 saturated heterocycles. The smallest absolute Gasteiger partial charge is 0.416 e. The molecule has 0 radical (unpaired) electrons. The number of esters is 2. The molecular formula is C49H69Cl3F3N8O14PS. The highest BCUT2D eigenvalue weighted by Gasteiger charge is 2.32. The Morgan fingerprint density at radius 2 is 1.57 bits per heavy atom. The maximum absolute atomic E-state index is 12.8. The maximum Gasteiger partial charge on any atom is 0.416 e. The number of nitro benzene ring substituents is 1. The van der Waals surface area contributed by atoms with Crippen LogP contribution in [0.1, 0.15) is 82.4 Å². The SMILES string of the molecule is CCNc1nc(Cl)nc(NC(C)(C)C)n1.CCOC(=O)C(C)OC(=O)c1cc(Oc2ccc(C(F)(F)F)cc2Cl)ccc1[N+](=O)[O-].CCc1cccc(C)c1N(C(=O)CCl)C(C)COC.C[S+](C)C.O=C(O)CNCP(=O)([O-])O. The van der Waals surface area contributed by atoms with Gasteiger partial charge >= 0.3 is 24.1 Å². The Bertz CT molecular complexity index is 2650. The van der Waals surface area contributed by atoms with Gasteiger partial charge in [0.1, 0.15) is 30.5 Å². The van der Waals surface area contributed by atoms with Gasteiger partial charge in [-0.05, 0) is 120 Å². The molecule has 4 rings (SSSR count). The zero-order chi connectivity index (χ0) is 61.0. The fourth-order valence-corrected chi connectivity index (χ4v) is 6.83. The van der Waals surface area contributed by atoms with E-state index >= 15 is 0 Å². The Balaban J connectivity index is 0.00000108. The number of benzene rings is 3. The number of aromatic nitrogens is 3. The number of carbonyl (C=O) groups is 4. The molecule has 3 unspecified atom stereocenters. The summed E-state index contributed by atoms with van der Waals surface area (Å²) < 4.78 is 68.3. The number of hydrogen-bond acceptors (Lipinski definition) is 18. The number of aryl methyl sites for hydroxylation is 2. The minimum absolute atomic E-state index is 0.0223. The van der Waals surface area contributed by atoms with Gasteiger partial charge in [-0.25, -0.2) is 9.59 Å². The van der Waals surface area contributed by atoms with Crippen molar-refractivity contribution in [1.82, 2.24) is 20.3 Å². The van der Waals surface area contributed by atoms with Crippen molar-refractivity contribution in [3.8, 4) is 11.5 Å². The first-order valence-corrected chi connectivity index (χ1v) is 29.1.